The zero-order valence-corrected chi connectivity index (χ0v) is 16.4. The standard InChI is InChI=1S/C19H32O6S/c1-12(20)11-26(24)17-10-18(22)25-13(2)6-4-3-5-7-14-8-15(21)9-16(14)19(17)23/h5,7,12-17,19-21,23H,3-4,6,8-11H2,1-2H3/b7-5+/t12-,13+,14-,15+,16-,17-,19+,26+/m1/s1. The summed E-state index contributed by atoms with van der Waals surface area (Å²) in [6.07, 6.45) is 4.94. The molecule has 1 fully saturated rings. The fraction of sp³-hybridized carbons (Fsp3) is 0.842. The summed E-state index contributed by atoms with van der Waals surface area (Å²) in [6.45, 7) is 3.37. The minimum atomic E-state index is -1.57. The van der Waals surface area contributed by atoms with Crippen molar-refractivity contribution in [2.75, 3.05) is 5.75 Å². The van der Waals surface area contributed by atoms with Gasteiger partial charge in [0.15, 0.2) is 0 Å². The van der Waals surface area contributed by atoms with Crippen LogP contribution in [0.15, 0.2) is 12.2 Å². The number of fused-ring (bicyclic) bond motifs is 1. The number of carbonyl (C=O) groups excluding carboxylic acids is 1. The van der Waals surface area contributed by atoms with Gasteiger partial charge in [-0.1, -0.05) is 12.2 Å². The van der Waals surface area contributed by atoms with Crippen LogP contribution < -0.4 is 0 Å². The normalized spacial score (nSPS) is 40.3. The number of esters is 1. The van der Waals surface area contributed by atoms with Gasteiger partial charge < -0.3 is 20.1 Å². The first-order valence-corrected chi connectivity index (χ1v) is 10.9. The van der Waals surface area contributed by atoms with E-state index in [0.717, 1.165) is 19.3 Å². The van der Waals surface area contributed by atoms with E-state index in [2.05, 4.69) is 6.08 Å². The van der Waals surface area contributed by atoms with Gasteiger partial charge in [0.1, 0.15) is 0 Å². The van der Waals surface area contributed by atoms with Gasteiger partial charge in [0, 0.05) is 16.6 Å². The third-order valence-corrected chi connectivity index (χ3v) is 7.20. The molecule has 0 bridgehead atoms. The molecule has 1 heterocycles. The van der Waals surface area contributed by atoms with Crippen LogP contribution >= 0.6 is 0 Å². The molecule has 1 aliphatic carbocycles. The van der Waals surface area contributed by atoms with Gasteiger partial charge in [0.05, 0.1) is 36.1 Å². The molecule has 0 amide bonds. The first-order valence-electron chi connectivity index (χ1n) is 9.55. The van der Waals surface area contributed by atoms with E-state index in [1.54, 1.807) is 0 Å². The van der Waals surface area contributed by atoms with Crippen LogP contribution in [0.25, 0.3) is 0 Å². The zero-order chi connectivity index (χ0) is 19.3. The Morgan fingerprint density at radius 2 is 2.08 bits per heavy atom. The molecule has 3 N–H and O–H groups in total. The SMILES string of the molecule is C[C@@H](O)C[S@](=O)[C@@H]1CC(=O)O[C@@H](C)CCC/C=C/[C@@H]2C[C@H](O)C[C@H]2[C@@H]1O. The summed E-state index contributed by atoms with van der Waals surface area (Å²) in [4.78, 5) is 12.3. The lowest BCUT2D eigenvalue weighted by Crippen LogP contribution is -2.42. The first kappa shape index (κ1) is 21.5. The largest absolute Gasteiger partial charge is 0.463 e. The molecule has 0 unspecified atom stereocenters. The van der Waals surface area contributed by atoms with Crippen molar-refractivity contribution in [3.63, 3.8) is 0 Å². The monoisotopic (exact) mass is 388 g/mol. The molecule has 2 rings (SSSR count). The van der Waals surface area contributed by atoms with Gasteiger partial charge in [-0.2, -0.15) is 0 Å². The molecule has 2 aliphatic rings. The van der Waals surface area contributed by atoms with E-state index in [9.17, 15) is 24.3 Å². The second-order valence-corrected chi connectivity index (χ2v) is 9.44. The number of hydrogen-bond acceptors (Lipinski definition) is 6. The van der Waals surface area contributed by atoms with Gasteiger partial charge in [0.2, 0.25) is 0 Å². The van der Waals surface area contributed by atoms with Gasteiger partial charge in [-0.25, -0.2) is 0 Å². The lowest BCUT2D eigenvalue weighted by Gasteiger charge is -2.29. The Labute approximate surface area is 158 Å². The molecule has 150 valence electrons. The summed E-state index contributed by atoms with van der Waals surface area (Å²) in [7, 11) is -1.57. The van der Waals surface area contributed by atoms with E-state index in [1.165, 1.54) is 6.92 Å². The maximum absolute atomic E-state index is 12.7. The van der Waals surface area contributed by atoms with E-state index >= 15 is 0 Å². The quantitative estimate of drug-likeness (QED) is 0.497. The molecule has 0 aromatic heterocycles. The van der Waals surface area contributed by atoms with Crippen molar-refractivity contribution in [1.82, 2.24) is 0 Å². The summed E-state index contributed by atoms with van der Waals surface area (Å²) < 4.78 is 18.1. The molecular weight excluding hydrogens is 356 g/mol. The van der Waals surface area contributed by atoms with Gasteiger partial charge >= 0.3 is 5.97 Å². The van der Waals surface area contributed by atoms with Crippen LogP contribution in [-0.4, -0.2) is 60.9 Å². The molecule has 6 nitrogen and oxygen atoms in total. The maximum atomic E-state index is 12.7. The molecule has 0 radical (unpaired) electrons. The van der Waals surface area contributed by atoms with Crippen LogP contribution in [0.5, 0.6) is 0 Å². The van der Waals surface area contributed by atoms with Crippen molar-refractivity contribution in [1.29, 1.82) is 0 Å². The highest BCUT2D eigenvalue weighted by atomic mass is 32.2. The van der Waals surface area contributed by atoms with Crippen LogP contribution in [0.3, 0.4) is 0 Å². The van der Waals surface area contributed by atoms with Gasteiger partial charge in [-0.3, -0.25) is 9.00 Å². The number of hydrogen-bond donors (Lipinski definition) is 3. The Hall–Kier alpha value is -0.760. The highest BCUT2D eigenvalue weighted by Gasteiger charge is 2.42. The lowest BCUT2D eigenvalue weighted by molar-refractivity contribution is -0.149. The Morgan fingerprint density at radius 3 is 2.77 bits per heavy atom. The molecule has 8 atom stereocenters. The van der Waals surface area contributed by atoms with Crippen LogP contribution in [0.1, 0.15) is 52.4 Å². The van der Waals surface area contributed by atoms with Crippen LogP contribution in [0.2, 0.25) is 0 Å². The van der Waals surface area contributed by atoms with E-state index in [-0.39, 0.29) is 30.1 Å². The minimum absolute atomic E-state index is 0.000229. The van der Waals surface area contributed by atoms with Crippen molar-refractivity contribution in [2.45, 2.75) is 82.0 Å². The van der Waals surface area contributed by atoms with Crippen molar-refractivity contribution in [2.24, 2.45) is 11.8 Å². The minimum Gasteiger partial charge on any atom is -0.463 e. The number of cyclic esters (lactones) is 1. The molecule has 26 heavy (non-hydrogen) atoms. The smallest absolute Gasteiger partial charge is 0.307 e. The highest BCUT2D eigenvalue weighted by Crippen LogP contribution is 2.38. The van der Waals surface area contributed by atoms with E-state index in [4.69, 9.17) is 4.74 Å². The third kappa shape index (κ3) is 6.15. The molecule has 1 saturated carbocycles. The number of rotatable bonds is 3. The number of allylic oxidation sites excluding steroid dienone is 2. The third-order valence-electron chi connectivity index (χ3n) is 5.27. The first-order chi connectivity index (χ1) is 12.3. The topological polar surface area (TPSA) is 104 Å². The zero-order valence-electron chi connectivity index (χ0n) is 15.6. The van der Waals surface area contributed by atoms with Gasteiger partial charge in [0.25, 0.3) is 0 Å². The summed E-state index contributed by atoms with van der Waals surface area (Å²) >= 11 is 0. The maximum Gasteiger partial charge on any atom is 0.307 e. The Bertz CT molecular complexity index is 520. The average molecular weight is 389 g/mol. The van der Waals surface area contributed by atoms with Crippen molar-refractivity contribution < 1.29 is 29.1 Å². The second-order valence-electron chi connectivity index (χ2n) is 7.74. The lowest BCUT2D eigenvalue weighted by atomic mass is 9.87. The molecular formula is C19H32O6S. The van der Waals surface area contributed by atoms with Crippen molar-refractivity contribution >= 4 is 16.8 Å². The van der Waals surface area contributed by atoms with E-state index < -0.39 is 40.3 Å². The van der Waals surface area contributed by atoms with Gasteiger partial charge in [-0.05, 0) is 57.8 Å². The summed E-state index contributed by atoms with van der Waals surface area (Å²) in [5, 5.41) is 29.8. The summed E-state index contributed by atoms with van der Waals surface area (Å²) in [5.41, 5.74) is 0. The predicted octanol–water partition coefficient (Wildman–Crippen LogP) is 1.29. The number of aliphatic hydroxyl groups is 3. The molecule has 0 aromatic rings. The number of ether oxygens (including phenoxy) is 1. The number of aliphatic hydroxyl groups excluding tert-OH is 3. The Kier molecular flexibility index (Phi) is 8.26. The fourth-order valence-electron chi connectivity index (χ4n) is 3.98. The molecule has 1 aliphatic heterocycles. The van der Waals surface area contributed by atoms with Crippen molar-refractivity contribution in [3.05, 3.63) is 12.2 Å². The summed E-state index contributed by atoms with van der Waals surface area (Å²) in [5.74, 6) is -0.724. The molecule has 0 spiro atoms. The molecule has 7 heteroatoms. The van der Waals surface area contributed by atoms with E-state index in [0.29, 0.717) is 12.8 Å². The van der Waals surface area contributed by atoms with Crippen LogP contribution in [0.4, 0.5) is 0 Å². The van der Waals surface area contributed by atoms with Crippen LogP contribution in [0, 0.1) is 11.8 Å². The fourth-order valence-corrected chi connectivity index (χ4v) is 5.54. The highest BCUT2D eigenvalue weighted by molar-refractivity contribution is 7.85. The summed E-state index contributed by atoms with van der Waals surface area (Å²) in [6, 6.07) is 0. The second kappa shape index (κ2) is 9.97. The Morgan fingerprint density at radius 1 is 1.35 bits per heavy atom. The Balaban J connectivity index is 2.26. The number of carbonyl (C=O) groups is 1. The van der Waals surface area contributed by atoms with Crippen molar-refractivity contribution in [3.8, 4) is 0 Å². The van der Waals surface area contributed by atoms with Crippen LogP contribution in [-0.2, 0) is 20.3 Å². The molecule has 0 saturated heterocycles. The van der Waals surface area contributed by atoms with Gasteiger partial charge in [-0.15, -0.1) is 0 Å². The average Bonchev–Trinajstić information content (AvgIpc) is 2.91. The predicted molar refractivity (Wildman–Crippen MR) is 99.9 cm³/mol. The molecule has 0 aromatic carbocycles. The van der Waals surface area contributed by atoms with E-state index in [1.807, 2.05) is 13.0 Å².